The molecule has 3 N–H and O–H groups in total. The van der Waals surface area contributed by atoms with Crippen molar-refractivity contribution < 1.29 is 4.79 Å². The fourth-order valence-corrected chi connectivity index (χ4v) is 1.17. The van der Waals surface area contributed by atoms with E-state index in [1.54, 1.807) is 10.9 Å². The van der Waals surface area contributed by atoms with Crippen molar-refractivity contribution in [2.75, 3.05) is 0 Å². The molecule has 6 nitrogen and oxygen atoms in total. The summed E-state index contributed by atoms with van der Waals surface area (Å²) < 4.78 is 1.77. The van der Waals surface area contributed by atoms with Crippen molar-refractivity contribution in [3.8, 4) is 0 Å². The van der Waals surface area contributed by atoms with E-state index in [2.05, 4.69) is 15.5 Å². The first-order valence-corrected chi connectivity index (χ1v) is 5.36. The Hall–Kier alpha value is -1.43. The average Bonchev–Trinajstić information content (AvgIpc) is 2.61. The first-order valence-electron chi connectivity index (χ1n) is 5.36. The minimum Gasteiger partial charge on any atom is -0.349 e. The Labute approximate surface area is 95.2 Å². The van der Waals surface area contributed by atoms with Gasteiger partial charge < -0.3 is 15.6 Å². The molecule has 0 spiro atoms. The summed E-state index contributed by atoms with van der Waals surface area (Å²) >= 11 is 0. The average molecular weight is 225 g/mol. The SMILES string of the molecule is CC(C)C(N)CC(=O)NCc1nncn1C. The minimum atomic E-state index is -0.0977. The van der Waals surface area contributed by atoms with Gasteiger partial charge in [0.2, 0.25) is 5.91 Å². The highest BCUT2D eigenvalue weighted by molar-refractivity contribution is 5.76. The Morgan fingerprint density at radius 3 is 2.81 bits per heavy atom. The first kappa shape index (κ1) is 12.6. The molecule has 0 aliphatic carbocycles. The number of aryl methyl sites for hydroxylation is 1. The monoisotopic (exact) mass is 225 g/mol. The van der Waals surface area contributed by atoms with Gasteiger partial charge in [-0.2, -0.15) is 0 Å². The number of nitrogens with one attached hydrogen (secondary N) is 1. The molecule has 0 aliphatic rings. The van der Waals surface area contributed by atoms with Crippen LogP contribution in [0.5, 0.6) is 0 Å². The number of nitrogens with two attached hydrogens (primary N) is 1. The highest BCUT2D eigenvalue weighted by Crippen LogP contribution is 2.02. The van der Waals surface area contributed by atoms with Gasteiger partial charge in [-0.05, 0) is 5.92 Å². The minimum absolute atomic E-state index is 0.0517. The van der Waals surface area contributed by atoms with E-state index < -0.39 is 0 Å². The van der Waals surface area contributed by atoms with Gasteiger partial charge in [-0.25, -0.2) is 0 Å². The summed E-state index contributed by atoms with van der Waals surface area (Å²) in [5.74, 6) is 0.983. The van der Waals surface area contributed by atoms with Crippen LogP contribution < -0.4 is 11.1 Å². The van der Waals surface area contributed by atoms with Gasteiger partial charge in [-0.15, -0.1) is 10.2 Å². The topological polar surface area (TPSA) is 85.8 Å². The molecule has 0 saturated carbocycles. The second-order valence-corrected chi connectivity index (χ2v) is 4.25. The summed E-state index contributed by atoms with van der Waals surface area (Å²) in [5.41, 5.74) is 5.80. The van der Waals surface area contributed by atoms with Gasteiger partial charge >= 0.3 is 0 Å². The van der Waals surface area contributed by atoms with E-state index in [-0.39, 0.29) is 11.9 Å². The molecule has 1 unspecified atom stereocenters. The van der Waals surface area contributed by atoms with Crippen molar-refractivity contribution in [2.24, 2.45) is 18.7 Å². The van der Waals surface area contributed by atoms with Gasteiger partial charge in [0.05, 0.1) is 6.54 Å². The predicted molar refractivity (Wildman–Crippen MR) is 60.3 cm³/mol. The molecule has 1 aromatic heterocycles. The zero-order valence-electron chi connectivity index (χ0n) is 9.97. The highest BCUT2D eigenvalue weighted by Gasteiger charge is 2.13. The van der Waals surface area contributed by atoms with Crippen LogP contribution in [0.3, 0.4) is 0 Å². The van der Waals surface area contributed by atoms with Crippen molar-refractivity contribution in [3.05, 3.63) is 12.2 Å². The molecule has 6 heteroatoms. The first-order chi connectivity index (χ1) is 7.50. The van der Waals surface area contributed by atoms with Crippen LogP contribution in [0.1, 0.15) is 26.1 Å². The molecule has 0 aromatic carbocycles. The van der Waals surface area contributed by atoms with Crippen molar-refractivity contribution in [3.63, 3.8) is 0 Å². The fourth-order valence-electron chi connectivity index (χ4n) is 1.17. The molecule has 90 valence electrons. The molecular weight excluding hydrogens is 206 g/mol. The summed E-state index contributed by atoms with van der Waals surface area (Å²) in [4.78, 5) is 11.5. The zero-order valence-corrected chi connectivity index (χ0v) is 9.97. The fraction of sp³-hybridized carbons (Fsp3) is 0.700. The van der Waals surface area contributed by atoms with Crippen LogP contribution in [0, 0.1) is 5.92 Å². The largest absolute Gasteiger partial charge is 0.349 e. The van der Waals surface area contributed by atoms with Crippen LogP contribution in [0.15, 0.2) is 6.33 Å². The van der Waals surface area contributed by atoms with E-state index in [4.69, 9.17) is 5.73 Å². The number of hydrogen-bond acceptors (Lipinski definition) is 4. The van der Waals surface area contributed by atoms with Crippen molar-refractivity contribution in [2.45, 2.75) is 32.9 Å². The quantitative estimate of drug-likeness (QED) is 0.727. The third-order valence-electron chi connectivity index (χ3n) is 2.53. The van der Waals surface area contributed by atoms with Crippen LogP contribution in [0.25, 0.3) is 0 Å². The second-order valence-electron chi connectivity index (χ2n) is 4.25. The van der Waals surface area contributed by atoms with E-state index in [1.165, 1.54) is 0 Å². The van der Waals surface area contributed by atoms with Crippen molar-refractivity contribution >= 4 is 5.91 Å². The molecule has 0 bridgehead atoms. The predicted octanol–water partition coefficient (Wildman–Crippen LogP) is -0.195. The zero-order chi connectivity index (χ0) is 12.1. The lowest BCUT2D eigenvalue weighted by Gasteiger charge is -2.14. The Morgan fingerprint density at radius 1 is 1.62 bits per heavy atom. The van der Waals surface area contributed by atoms with Gasteiger partial charge in [0.25, 0.3) is 0 Å². The lowest BCUT2D eigenvalue weighted by molar-refractivity contribution is -0.121. The van der Waals surface area contributed by atoms with E-state index in [0.717, 1.165) is 5.82 Å². The van der Waals surface area contributed by atoms with Gasteiger partial charge in [0, 0.05) is 19.5 Å². The molecule has 0 fully saturated rings. The highest BCUT2D eigenvalue weighted by atomic mass is 16.1. The summed E-state index contributed by atoms with van der Waals surface area (Å²) in [6.45, 7) is 4.39. The maximum absolute atomic E-state index is 11.5. The van der Waals surface area contributed by atoms with Crippen LogP contribution in [0.4, 0.5) is 0 Å². The molecule has 1 heterocycles. The number of hydrogen-bond donors (Lipinski definition) is 2. The van der Waals surface area contributed by atoms with Crippen LogP contribution in [-0.2, 0) is 18.4 Å². The Balaban J connectivity index is 2.33. The summed E-state index contributed by atoms with van der Waals surface area (Å²) in [5, 5.41) is 10.4. The molecule has 0 saturated heterocycles. The van der Waals surface area contributed by atoms with E-state index in [0.29, 0.717) is 18.9 Å². The van der Waals surface area contributed by atoms with Gasteiger partial charge in [0.1, 0.15) is 6.33 Å². The lowest BCUT2D eigenvalue weighted by atomic mass is 10.0. The van der Waals surface area contributed by atoms with Crippen molar-refractivity contribution in [1.29, 1.82) is 0 Å². The normalized spacial score (nSPS) is 12.8. The molecule has 16 heavy (non-hydrogen) atoms. The Morgan fingerprint density at radius 2 is 2.31 bits per heavy atom. The third-order valence-corrected chi connectivity index (χ3v) is 2.53. The van der Waals surface area contributed by atoms with E-state index >= 15 is 0 Å². The lowest BCUT2D eigenvalue weighted by Crippen LogP contribution is -2.35. The molecule has 0 radical (unpaired) electrons. The maximum Gasteiger partial charge on any atom is 0.221 e. The Bertz CT molecular complexity index is 347. The Kier molecular flexibility index (Phi) is 4.42. The number of amides is 1. The standard InChI is InChI=1S/C10H19N5O/c1-7(2)8(11)4-10(16)12-5-9-14-13-6-15(9)3/h6-8H,4-5,11H2,1-3H3,(H,12,16). The molecule has 1 amide bonds. The van der Waals surface area contributed by atoms with Gasteiger partial charge in [-0.3, -0.25) is 4.79 Å². The summed E-state index contributed by atoms with van der Waals surface area (Å²) in [6.07, 6.45) is 1.94. The van der Waals surface area contributed by atoms with E-state index in [9.17, 15) is 4.79 Å². The van der Waals surface area contributed by atoms with E-state index in [1.807, 2.05) is 20.9 Å². The van der Waals surface area contributed by atoms with Gasteiger partial charge in [-0.1, -0.05) is 13.8 Å². The van der Waals surface area contributed by atoms with Crippen LogP contribution >= 0.6 is 0 Å². The number of carbonyl (C=O) groups is 1. The summed E-state index contributed by atoms with van der Waals surface area (Å²) in [7, 11) is 1.83. The second kappa shape index (κ2) is 5.60. The number of rotatable bonds is 5. The molecule has 1 aromatic rings. The van der Waals surface area contributed by atoms with Crippen LogP contribution in [-0.4, -0.2) is 26.7 Å². The molecule has 1 atom stereocenters. The molecular formula is C10H19N5O. The summed E-state index contributed by atoms with van der Waals surface area (Å²) in [6, 6.07) is -0.0977. The molecule has 0 aliphatic heterocycles. The number of nitrogens with zero attached hydrogens (tertiary/aromatic N) is 3. The number of aromatic nitrogens is 3. The van der Waals surface area contributed by atoms with Crippen LogP contribution in [0.2, 0.25) is 0 Å². The number of carbonyl (C=O) groups excluding carboxylic acids is 1. The third kappa shape index (κ3) is 3.62. The van der Waals surface area contributed by atoms with Gasteiger partial charge in [0.15, 0.2) is 5.82 Å². The maximum atomic E-state index is 11.5. The van der Waals surface area contributed by atoms with Crippen molar-refractivity contribution in [1.82, 2.24) is 20.1 Å². The smallest absolute Gasteiger partial charge is 0.221 e. The molecule has 1 rings (SSSR count).